The summed E-state index contributed by atoms with van der Waals surface area (Å²) in [5.41, 5.74) is 3.13. The van der Waals surface area contributed by atoms with Gasteiger partial charge in [0, 0.05) is 11.9 Å². The Bertz CT molecular complexity index is 569. The lowest BCUT2D eigenvalue weighted by Gasteiger charge is -2.06. The maximum Gasteiger partial charge on any atom is 0.125 e. The molecule has 1 fully saturated rings. The fourth-order valence-electron chi connectivity index (χ4n) is 2.85. The number of nitriles is 1. The predicted octanol–water partition coefficient (Wildman–Crippen LogP) is 4.01. The van der Waals surface area contributed by atoms with Crippen molar-refractivity contribution in [1.29, 1.82) is 5.26 Å². The highest BCUT2D eigenvalue weighted by Gasteiger charge is 2.19. The molecule has 0 unspecified atom stereocenters. The van der Waals surface area contributed by atoms with E-state index in [1.165, 1.54) is 31.2 Å². The van der Waals surface area contributed by atoms with Gasteiger partial charge in [0.15, 0.2) is 0 Å². The number of benzene rings is 1. The van der Waals surface area contributed by atoms with Crippen molar-refractivity contribution < 1.29 is 0 Å². The molecule has 0 radical (unpaired) electrons. The van der Waals surface area contributed by atoms with E-state index < -0.39 is 0 Å². The van der Waals surface area contributed by atoms with Crippen LogP contribution in [0, 0.1) is 11.3 Å². The van der Waals surface area contributed by atoms with E-state index in [2.05, 4.69) is 18.3 Å². The van der Waals surface area contributed by atoms with Crippen LogP contribution in [0.4, 0.5) is 0 Å². The quantitative estimate of drug-likeness (QED) is 0.774. The summed E-state index contributed by atoms with van der Waals surface area (Å²) in [6.45, 7) is 0. The minimum atomic E-state index is 0.655. The summed E-state index contributed by atoms with van der Waals surface area (Å²) in [5, 5.41) is 9.27. The number of rotatable bonds is 2. The molecule has 2 aromatic rings. The summed E-state index contributed by atoms with van der Waals surface area (Å²) in [6.07, 6.45) is 7.32. The van der Waals surface area contributed by atoms with Gasteiger partial charge in [-0.1, -0.05) is 31.0 Å². The van der Waals surface area contributed by atoms with Gasteiger partial charge in [-0.15, -0.1) is 0 Å². The largest absolute Gasteiger partial charge is 0.308 e. The fraction of sp³-hybridized carbons (Fsp3) is 0.312. The Labute approximate surface area is 107 Å². The van der Waals surface area contributed by atoms with Gasteiger partial charge in [0.25, 0.3) is 0 Å². The molecule has 2 heteroatoms. The van der Waals surface area contributed by atoms with Crippen molar-refractivity contribution in [2.24, 2.45) is 0 Å². The summed E-state index contributed by atoms with van der Waals surface area (Å²) in [7, 11) is 0. The van der Waals surface area contributed by atoms with Crippen LogP contribution >= 0.6 is 0 Å². The molecule has 3 rings (SSSR count). The molecule has 1 aliphatic carbocycles. The summed E-state index contributed by atoms with van der Waals surface area (Å²) >= 11 is 0. The van der Waals surface area contributed by atoms with Gasteiger partial charge < -0.3 is 4.57 Å². The van der Waals surface area contributed by atoms with Crippen LogP contribution in [0.2, 0.25) is 0 Å². The summed E-state index contributed by atoms with van der Waals surface area (Å²) in [5.74, 6) is 0.655. The van der Waals surface area contributed by atoms with E-state index in [4.69, 9.17) is 0 Å². The van der Waals surface area contributed by atoms with Crippen LogP contribution in [0.5, 0.6) is 0 Å². The maximum absolute atomic E-state index is 9.27. The highest BCUT2D eigenvalue weighted by molar-refractivity contribution is 5.42. The van der Waals surface area contributed by atoms with Gasteiger partial charge in [0.05, 0.1) is 0 Å². The third-order valence-electron chi connectivity index (χ3n) is 3.82. The van der Waals surface area contributed by atoms with E-state index in [1.807, 2.05) is 34.9 Å². The minimum Gasteiger partial charge on any atom is -0.308 e. The zero-order valence-corrected chi connectivity index (χ0v) is 10.3. The van der Waals surface area contributed by atoms with E-state index in [-0.39, 0.29) is 0 Å². The summed E-state index contributed by atoms with van der Waals surface area (Å²) in [4.78, 5) is 0. The second-order valence-electron chi connectivity index (χ2n) is 4.96. The second kappa shape index (κ2) is 4.70. The fourth-order valence-corrected chi connectivity index (χ4v) is 2.85. The van der Waals surface area contributed by atoms with Crippen LogP contribution < -0.4 is 0 Å². The molecule has 1 aliphatic rings. The van der Waals surface area contributed by atoms with Crippen LogP contribution in [0.3, 0.4) is 0 Å². The van der Waals surface area contributed by atoms with E-state index in [9.17, 15) is 5.26 Å². The first-order chi connectivity index (χ1) is 8.88. The normalized spacial score (nSPS) is 15.7. The molecular formula is C16H16N2. The van der Waals surface area contributed by atoms with Crippen molar-refractivity contribution in [3.63, 3.8) is 0 Å². The Morgan fingerprint density at radius 2 is 1.83 bits per heavy atom. The third kappa shape index (κ3) is 1.93. The lowest BCUT2D eigenvalue weighted by Crippen LogP contribution is -1.94. The number of hydrogen-bond donors (Lipinski definition) is 0. The number of para-hydroxylation sites is 1. The first-order valence-corrected chi connectivity index (χ1v) is 6.56. The van der Waals surface area contributed by atoms with Gasteiger partial charge in [-0.3, -0.25) is 0 Å². The van der Waals surface area contributed by atoms with Crippen LogP contribution in [0.1, 0.15) is 42.9 Å². The first kappa shape index (κ1) is 11.1. The van der Waals surface area contributed by atoms with Gasteiger partial charge in [0.1, 0.15) is 11.8 Å². The molecule has 1 heterocycles. The van der Waals surface area contributed by atoms with Crippen LogP contribution in [0.15, 0.2) is 42.6 Å². The Morgan fingerprint density at radius 3 is 2.50 bits per heavy atom. The van der Waals surface area contributed by atoms with Crippen LogP contribution in [-0.4, -0.2) is 4.57 Å². The average Bonchev–Trinajstić information content (AvgIpc) is 3.08. The molecule has 0 saturated heterocycles. The lowest BCUT2D eigenvalue weighted by molar-refractivity contribution is 0.723. The third-order valence-corrected chi connectivity index (χ3v) is 3.82. The van der Waals surface area contributed by atoms with Gasteiger partial charge in [-0.25, -0.2) is 0 Å². The molecule has 18 heavy (non-hydrogen) atoms. The Balaban J connectivity index is 2.02. The molecule has 1 aromatic heterocycles. The number of hydrogen-bond acceptors (Lipinski definition) is 1. The molecule has 0 spiro atoms. The van der Waals surface area contributed by atoms with Crippen molar-refractivity contribution in [3.05, 3.63) is 53.9 Å². The standard InChI is InChI=1S/C16H16N2/c17-11-16-10-14(13-6-4-5-7-13)12-18(16)15-8-2-1-3-9-15/h1-3,8-10,12-13H,4-7H2. The number of nitrogens with zero attached hydrogens (tertiary/aromatic N) is 2. The van der Waals surface area contributed by atoms with Gasteiger partial charge in [-0.2, -0.15) is 5.26 Å². The minimum absolute atomic E-state index is 0.655. The lowest BCUT2D eigenvalue weighted by atomic mass is 10.0. The van der Waals surface area contributed by atoms with Crippen molar-refractivity contribution >= 4 is 0 Å². The highest BCUT2D eigenvalue weighted by Crippen LogP contribution is 2.35. The molecule has 90 valence electrons. The van der Waals surface area contributed by atoms with Crippen LogP contribution in [0.25, 0.3) is 5.69 Å². The van der Waals surface area contributed by atoms with Gasteiger partial charge in [-0.05, 0) is 42.5 Å². The molecule has 0 bridgehead atoms. The molecule has 0 N–H and O–H groups in total. The highest BCUT2D eigenvalue weighted by atomic mass is 15.0. The van der Waals surface area contributed by atoms with E-state index in [0.717, 1.165) is 11.4 Å². The summed E-state index contributed by atoms with van der Waals surface area (Å²) in [6, 6.07) is 14.4. The average molecular weight is 236 g/mol. The SMILES string of the molecule is N#Cc1cc(C2CCCC2)cn1-c1ccccc1. The molecular weight excluding hydrogens is 220 g/mol. The van der Waals surface area contributed by atoms with Crippen molar-refractivity contribution in [2.45, 2.75) is 31.6 Å². The predicted molar refractivity (Wildman–Crippen MR) is 71.7 cm³/mol. The zero-order chi connectivity index (χ0) is 12.4. The maximum atomic E-state index is 9.27. The number of aromatic nitrogens is 1. The Hall–Kier alpha value is -2.01. The zero-order valence-electron chi connectivity index (χ0n) is 10.3. The van der Waals surface area contributed by atoms with Crippen molar-refractivity contribution in [3.8, 4) is 11.8 Å². The summed E-state index contributed by atoms with van der Waals surface area (Å²) < 4.78 is 2.01. The molecule has 0 atom stereocenters. The molecule has 1 aromatic carbocycles. The molecule has 0 amide bonds. The van der Waals surface area contributed by atoms with E-state index >= 15 is 0 Å². The monoisotopic (exact) mass is 236 g/mol. The van der Waals surface area contributed by atoms with Crippen molar-refractivity contribution in [2.75, 3.05) is 0 Å². The smallest absolute Gasteiger partial charge is 0.125 e. The molecule has 0 aliphatic heterocycles. The first-order valence-electron chi connectivity index (χ1n) is 6.56. The Morgan fingerprint density at radius 1 is 1.11 bits per heavy atom. The molecule has 2 nitrogen and oxygen atoms in total. The second-order valence-corrected chi connectivity index (χ2v) is 4.96. The Kier molecular flexibility index (Phi) is 2.90. The molecule has 1 saturated carbocycles. The van der Waals surface area contributed by atoms with E-state index in [0.29, 0.717) is 5.92 Å². The van der Waals surface area contributed by atoms with Crippen molar-refractivity contribution in [1.82, 2.24) is 4.57 Å². The van der Waals surface area contributed by atoms with Gasteiger partial charge >= 0.3 is 0 Å². The topological polar surface area (TPSA) is 28.7 Å². The van der Waals surface area contributed by atoms with E-state index in [1.54, 1.807) is 0 Å². The van der Waals surface area contributed by atoms with Gasteiger partial charge in [0.2, 0.25) is 0 Å². The van der Waals surface area contributed by atoms with Crippen LogP contribution in [-0.2, 0) is 0 Å².